The van der Waals surface area contributed by atoms with Gasteiger partial charge in [-0.2, -0.15) is 5.10 Å². The van der Waals surface area contributed by atoms with E-state index in [1.807, 2.05) is 13.0 Å². The molecule has 4 rings (SSSR count). The molecule has 3 aromatic rings. The molecule has 0 unspecified atom stereocenters. The second-order valence-electron chi connectivity index (χ2n) is 6.34. The zero-order chi connectivity index (χ0) is 19.7. The number of carbonyl (C=O) groups is 2. The number of nitrogens with one attached hydrogen (secondary N) is 1. The SMILES string of the molecule is Cc1ccc(N2CCOC2=O)cc1NC(=O)c1ccn(-c2ccc(F)cc2)n1. The van der Waals surface area contributed by atoms with Crippen molar-refractivity contribution in [2.24, 2.45) is 0 Å². The number of aryl methyl sites for hydroxylation is 1. The highest BCUT2D eigenvalue weighted by Gasteiger charge is 2.24. The van der Waals surface area contributed by atoms with Gasteiger partial charge in [-0.3, -0.25) is 9.69 Å². The summed E-state index contributed by atoms with van der Waals surface area (Å²) in [7, 11) is 0. The van der Waals surface area contributed by atoms with Crippen molar-refractivity contribution in [3.63, 3.8) is 0 Å². The van der Waals surface area contributed by atoms with Gasteiger partial charge in [0, 0.05) is 17.6 Å². The summed E-state index contributed by atoms with van der Waals surface area (Å²) >= 11 is 0. The maximum atomic E-state index is 13.1. The number of hydrogen-bond acceptors (Lipinski definition) is 4. The van der Waals surface area contributed by atoms with Gasteiger partial charge < -0.3 is 10.1 Å². The van der Waals surface area contributed by atoms with Crippen LogP contribution in [-0.4, -0.2) is 34.9 Å². The molecule has 0 spiro atoms. The molecule has 0 saturated carbocycles. The molecule has 0 bridgehead atoms. The molecule has 142 valence electrons. The van der Waals surface area contributed by atoms with Gasteiger partial charge in [-0.25, -0.2) is 13.9 Å². The van der Waals surface area contributed by atoms with Crippen molar-refractivity contribution in [2.45, 2.75) is 6.92 Å². The van der Waals surface area contributed by atoms with E-state index in [0.29, 0.717) is 30.2 Å². The summed E-state index contributed by atoms with van der Waals surface area (Å²) in [6.07, 6.45) is 1.23. The Balaban J connectivity index is 1.54. The molecule has 8 heteroatoms. The van der Waals surface area contributed by atoms with Crippen LogP contribution in [0.15, 0.2) is 54.7 Å². The predicted octanol–water partition coefficient (Wildman–Crippen LogP) is 3.53. The van der Waals surface area contributed by atoms with Crippen LogP contribution in [0.5, 0.6) is 0 Å². The zero-order valence-electron chi connectivity index (χ0n) is 15.1. The second-order valence-corrected chi connectivity index (χ2v) is 6.34. The van der Waals surface area contributed by atoms with Crippen molar-refractivity contribution in [1.82, 2.24) is 9.78 Å². The van der Waals surface area contributed by atoms with Crippen LogP contribution in [0.1, 0.15) is 16.1 Å². The fourth-order valence-electron chi connectivity index (χ4n) is 2.91. The number of cyclic esters (lactones) is 1. The first-order chi connectivity index (χ1) is 13.5. The van der Waals surface area contributed by atoms with Crippen molar-refractivity contribution < 1.29 is 18.7 Å². The molecule has 1 saturated heterocycles. The fourth-order valence-corrected chi connectivity index (χ4v) is 2.91. The first-order valence-corrected chi connectivity index (χ1v) is 8.69. The number of benzene rings is 2. The highest BCUT2D eigenvalue weighted by atomic mass is 19.1. The number of halogens is 1. The average Bonchev–Trinajstić information content (AvgIpc) is 3.33. The number of aromatic nitrogens is 2. The van der Waals surface area contributed by atoms with E-state index in [2.05, 4.69) is 10.4 Å². The molecule has 7 nitrogen and oxygen atoms in total. The number of anilines is 2. The molecule has 0 aliphatic carbocycles. The molecular formula is C20H17FN4O3. The second kappa shape index (κ2) is 7.15. The molecule has 1 aliphatic rings. The van der Waals surface area contributed by atoms with Gasteiger partial charge >= 0.3 is 6.09 Å². The molecule has 1 N–H and O–H groups in total. The van der Waals surface area contributed by atoms with Gasteiger partial charge in [-0.05, 0) is 55.0 Å². The van der Waals surface area contributed by atoms with E-state index in [4.69, 9.17) is 4.74 Å². The van der Waals surface area contributed by atoms with Crippen LogP contribution < -0.4 is 10.2 Å². The third-order valence-corrected chi connectivity index (χ3v) is 4.45. The summed E-state index contributed by atoms with van der Waals surface area (Å²) in [4.78, 5) is 25.9. The maximum absolute atomic E-state index is 13.1. The first-order valence-electron chi connectivity index (χ1n) is 8.69. The Morgan fingerprint density at radius 3 is 2.61 bits per heavy atom. The van der Waals surface area contributed by atoms with Gasteiger partial charge in [0.2, 0.25) is 0 Å². The number of rotatable bonds is 4. The van der Waals surface area contributed by atoms with Gasteiger partial charge in [0.15, 0.2) is 5.69 Å². The Labute approximate surface area is 160 Å². The highest BCUT2D eigenvalue weighted by molar-refractivity contribution is 6.03. The largest absolute Gasteiger partial charge is 0.447 e. The predicted molar refractivity (Wildman–Crippen MR) is 101 cm³/mol. The summed E-state index contributed by atoms with van der Waals surface area (Å²) in [5.41, 5.74) is 2.95. The summed E-state index contributed by atoms with van der Waals surface area (Å²) in [6, 6.07) is 12.8. The van der Waals surface area contributed by atoms with E-state index in [9.17, 15) is 14.0 Å². The summed E-state index contributed by atoms with van der Waals surface area (Å²) in [5.74, 6) is -0.726. The Kier molecular flexibility index (Phi) is 4.52. The third kappa shape index (κ3) is 3.44. The Morgan fingerprint density at radius 1 is 1.14 bits per heavy atom. The van der Waals surface area contributed by atoms with Crippen LogP contribution in [0.4, 0.5) is 20.6 Å². The van der Waals surface area contributed by atoms with Crippen LogP contribution in [0.2, 0.25) is 0 Å². The molecule has 28 heavy (non-hydrogen) atoms. The normalized spacial score (nSPS) is 13.5. The van der Waals surface area contributed by atoms with Crippen molar-refractivity contribution in [2.75, 3.05) is 23.4 Å². The van der Waals surface area contributed by atoms with E-state index in [1.54, 1.807) is 36.5 Å². The van der Waals surface area contributed by atoms with Crippen molar-refractivity contribution in [3.8, 4) is 5.69 Å². The quantitative estimate of drug-likeness (QED) is 0.751. The van der Waals surface area contributed by atoms with Crippen LogP contribution >= 0.6 is 0 Å². The molecule has 2 aromatic carbocycles. The van der Waals surface area contributed by atoms with Crippen LogP contribution in [0, 0.1) is 12.7 Å². The Hall–Kier alpha value is -3.68. The number of amides is 2. The van der Waals surface area contributed by atoms with Crippen LogP contribution in [-0.2, 0) is 4.74 Å². The molecular weight excluding hydrogens is 363 g/mol. The lowest BCUT2D eigenvalue weighted by Crippen LogP contribution is -2.23. The summed E-state index contributed by atoms with van der Waals surface area (Å²) in [6.45, 7) is 2.67. The lowest BCUT2D eigenvalue weighted by Gasteiger charge is -2.15. The molecule has 1 aliphatic heterocycles. The molecule has 1 aromatic heterocycles. The zero-order valence-corrected chi connectivity index (χ0v) is 15.1. The minimum Gasteiger partial charge on any atom is -0.447 e. The van der Waals surface area contributed by atoms with Crippen LogP contribution in [0.3, 0.4) is 0 Å². The van der Waals surface area contributed by atoms with Crippen LogP contribution in [0.25, 0.3) is 5.69 Å². The maximum Gasteiger partial charge on any atom is 0.414 e. The number of ether oxygens (including phenoxy) is 1. The fraction of sp³-hybridized carbons (Fsp3) is 0.150. The topological polar surface area (TPSA) is 76.5 Å². The van der Waals surface area contributed by atoms with E-state index in [-0.39, 0.29) is 17.4 Å². The summed E-state index contributed by atoms with van der Waals surface area (Å²) in [5, 5.41) is 7.07. The summed E-state index contributed by atoms with van der Waals surface area (Å²) < 4.78 is 19.5. The molecule has 0 radical (unpaired) electrons. The van der Waals surface area contributed by atoms with E-state index in [0.717, 1.165) is 5.56 Å². The molecule has 2 amide bonds. The first kappa shape index (κ1) is 17.7. The third-order valence-electron chi connectivity index (χ3n) is 4.45. The molecule has 1 fully saturated rings. The van der Waals surface area contributed by atoms with E-state index in [1.165, 1.54) is 21.7 Å². The van der Waals surface area contributed by atoms with Crippen molar-refractivity contribution >= 4 is 23.4 Å². The van der Waals surface area contributed by atoms with Crippen molar-refractivity contribution in [3.05, 3.63) is 71.8 Å². The van der Waals surface area contributed by atoms with Gasteiger partial charge in [-0.1, -0.05) is 6.07 Å². The minimum atomic E-state index is -0.404. The number of carbonyl (C=O) groups excluding carboxylic acids is 2. The monoisotopic (exact) mass is 380 g/mol. The lowest BCUT2D eigenvalue weighted by atomic mass is 10.1. The van der Waals surface area contributed by atoms with E-state index >= 15 is 0 Å². The van der Waals surface area contributed by atoms with Gasteiger partial charge in [0.05, 0.1) is 12.2 Å². The lowest BCUT2D eigenvalue weighted by molar-refractivity contribution is 0.102. The number of hydrogen-bond donors (Lipinski definition) is 1. The standard InChI is InChI=1S/C20H17FN4O3/c1-13-2-5-16(24-10-11-28-20(24)27)12-18(13)22-19(26)17-8-9-25(23-17)15-6-3-14(21)4-7-15/h2-9,12H,10-11H2,1H3,(H,22,26). The average molecular weight is 380 g/mol. The van der Waals surface area contributed by atoms with Crippen molar-refractivity contribution in [1.29, 1.82) is 0 Å². The minimum absolute atomic E-state index is 0.217. The van der Waals surface area contributed by atoms with Gasteiger partial charge in [0.25, 0.3) is 5.91 Å². The van der Waals surface area contributed by atoms with E-state index < -0.39 is 6.09 Å². The van der Waals surface area contributed by atoms with Gasteiger partial charge in [0.1, 0.15) is 12.4 Å². The number of nitrogens with zero attached hydrogens (tertiary/aromatic N) is 3. The van der Waals surface area contributed by atoms with Gasteiger partial charge in [-0.15, -0.1) is 0 Å². The molecule has 0 atom stereocenters. The Morgan fingerprint density at radius 2 is 1.89 bits per heavy atom. The molecule has 2 heterocycles. The smallest absolute Gasteiger partial charge is 0.414 e. The highest BCUT2D eigenvalue weighted by Crippen LogP contribution is 2.26. The Bertz CT molecular complexity index is 1050.